The number of nitrogens with zero attached hydrogens (tertiary/aromatic N) is 1. The van der Waals surface area contributed by atoms with Gasteiger partial charge in [-0.15, -0.1) is 0 Å². The van der Waals surface area contributed by atoms with Crippen LogP contribution in [0, 0.1) is 0 Å². The molecule has 0 atom stereocenters. The number of pyridine rings is 1. The summed E-state index contributed by atoms with van der Waals surface area (Å²) in [4.78, 5) is 23.0. The number of amides is 2. The summed E-state index contributed by atoms with van der Waals surface area (Å²) < 4.78 is 1.70. The zero-order chi connectivity index (χ0) is 16.1. The van der Waals surface area contributed by atoms with E-state index in [4.69, 9.17) is 11.6 Å². The van der Waals surface area contributed by atoms with E-state index in [1.165, 1.54) is 19.1 Å². The third kappa shape index (κ3) is 4.20. The van der Waals surface area contributed by atoms with E-state index in [-0.39, 0.29) is 40.5 Å². The highest BCUT2D eigenvalue weighted by Gasteiger charge is 2.14. The number of carbonyl (C=O) groups is 2. The van der Waals surface area contributed by atoms with Crippen molar-refractivity contribution in [3.63, 3.8) is 0 Å². The van der Waals surface area contributed by atoms with Gasteiger partial charge in [0, 0.05) is 25.1 Å². The molecule has 0 unspecified atom stereocenters. The number of benzene rings is 1. The number of rotatable bonds is 4. The Morgan fingerprint density at radius 1 is 1.14 bits per heavy atom. The number of aromatic hydroxyl groups is 1. The van der Waals surface area contributed by atoms with Crippen molar-refractivity contribution in [2.75, 3.05) is 10.6 Å². The standard InChI is InChI=1S/C15H14ClN3O3/c1-10(20)17-13-7-11(16)12(8-14(13)21)18-15(22)9-19-5-3-2-4-6-19/h2-8H,9H2,1H3,(H2-,17,18,20,21,22)/p+1. The third-order valence-corrected chi connectivity index (χ3v) is 3.09. The number of halogens is 1. The summed E-state index contributed by atoms with van der Waals surface area (Å²) in [6.45, 7) is 1.44. The van der Waals surface area contributed by atoms with Gasteiger partial charge in [-0.05, 0) is 6.07 Å². The molecular formula is C15H15ClN3O3+. The number of nitrogens with one attached hydrogen (secondary N) is 2. The van der Waals surface area contributed by atoms with Gasteiger partial charge in [0.2, 0.25) is 12.5 Å². The van der Waals surface area contributed by atoms with E-state index in [1.807, 2.05) is 18.2 Å². The Bertz CT molecular complexity index is 705. The second-order valence-electron chi connectivity index (χ2n) is 4.63. The quantitative estimate of drug-likeness (QED) is 0.594. The monoisotopic (exact) mass is 320 g/mol. The van der Waals surface area contributed by atoms with E-state index in [0.717, 1.165) is 0 Å². The van der Waals surface area contributed by atoms with Crippen molar-refractivity contribution in [2.24, 2.45) is 0 Å². The van der Waals surface area contributed by atoms with Gasteiger partial charge in [-0.3, -0.25) is 9.59 Å². The molecule has 22 heavy (non-hydrogen) atoms. The molecule has 0 aliphatic rings. The summed E-state index contributed by atoms with van der Waals surface area (Å²) in [5.74, 6) is -0.796. The van der Waals surface area contributed by atoms with Gasteiger partial charge in [0.1, 0.15) is 5.75 Å². The van der Waals surface area contributed by atoms with Gasteiger partial charge in [0.05, 0.1) is 16.4 Å². The van der Waals surface area contributed by atoms with Gasteiger partial charge in [-0.2, -0.15) is 4.57 Å². The highest BCUT2D eigenvalue weighted by Crippen LogP contribution is 2.33. The molecule has 0 aliphatic carbocycles. The van der Waals surface area contributed by atoms with Crippen LogP contribution in [0.3, 0.4) is 0 Å². The minimum Gasteiger partial charge on any atom is -0.506 e. The molecule has 0 fully saturated rings. The van der Waals surface area contributed by atoms with Crippen LogP contribution in [0.15, 0.2) is 42.7 Å². The number of anilines is 2. The van der Waals surface area contributed by atoms with E-state index in [0.29, 0.717) is 0 Å². The van der Waals surface area contributed by atoms with Crippen LogP contribution in [0.5, 0.6) is 5.75 Å². The lowest BCUT2D eigenvalue weighted by molar-refractivity contribution is -0.684. The second-order valence-corrected chi connectivity index (χ2v) is 5.03. The highest BCUT2D eigenvalue weighted by molar-refractivity contribution is 6.34. The molecule has 1 aromatic carbocycles. The molecule has 0 spiro atoms. The van der Waals surface area contributed by atoms with Gasteiger partial charge >= 0.3 is 0 Å². The fourth-order valence-electron chi connectivity index (χ4n) is 1.84. The van der Waals surface area contributed by atoms with Crippen molar-refractivity contribution in [3.05, 3.63) is 47.7 Å². The molecule has 0 saturated heterocycles. The SMILES string of the molecule is CC(=O)Nc1cc(Cl)c(NC(=O)C[n+]2ccccc2)cc1O. The van der Waals surface area contributed by atoms with Crippen molar-refractivity contribution in [3.8, 4) is 5.75 Å². The zero-order valence-electron chi connectivity index (χ0n) is 11.8. The fourth-order valence-corrected chi connectivity index (χ4v) is 2.05. The molecule has 3 N–H and O–H groups in total. The molecular weight excluding hydrogens is 306 g/mol. The maximum atomic E-state index is 12.0. The van der Waals surface area contributed by atoms with E-state index < -0.39 is 0 Å². The van der Waals surface area contributed by atoms with E-state index in [9.17, 15) is 14.7 Å². The van der Waals surface area contributed by atoms with E-state index >= 15 is 0 Å². The Morgan fingerprint density at radius 3 is 2.45 bits per heavy atom. The Labute approximate surface area is 132 Å². The number of phenols is 1. The summed E-state index contributed by atoms with van der Waals surface area (Å²) in [7, 11) is 0. The number of hydrogen-bond acceptors (Lipinski definition) is 3. The van der Waals surface area contributed by atoms with Crippen molar-refractivity contribution in [2.45, 2.75) is 13.5 Å². The van der Waals surface area contributed by atoms with Crippen LogP contribution in [-0.2, 0) is 16.1 Å². The minimum atomic E-state index is -0.330. The molecule has 7 heteroatoms. The van der Waals surface area contributed by atoms with E-state index in [1.54, 1.807) is 17.0 Å². The molecule has 0 radical (unpaired) electrons. The lowest BCUT2D eigenvalue weighted by atomic mass is 10.2. The summed E-state index contributed by atoms with van der Waals surface area (Å²) in [6.07, 6.45) is 3.52. The molecule has 1 heterocycles. The van der Waals surface area contributed by atoms with Crippen LogP contribution in [0.4, 0.5) is 11.4 Å². The number of aromatic nitrogens is 1. The first-order valence-corrected chi connectivity index (χ1v) is 6.87. The van der Waals surface area contributed by atoms with Crippen LogP contribution >= 0.6 is 11.6 Å². The maximum absolute atomic E-state index is 12.0. The highest BCUT2D eigenvalue weighted by atomic mass is 35.5. The number of carbonyl (C=O) groups excluding carboxylic acids is 2. The minimum absolute atomic E-state index is 0.116. The van der Waals surface area contributed by atoms with Gasteiger partial charge in [0.25, 0.3) is 5.91 Å². The molecule has 1 aromatic heterocycles. The Hall–Kier alpha value is -2.60. The fraction of sp³-hybridized carbons (Fsp3) is 0.133. The first-order valence-electron chi connectivity index (χ1n) is 6.50. The topological polar surface area (TPSA) is 82.3 Å². The summed E-state index contributed by atoms with van der Waals surface area (Å²) in [5.41, 5.74) is 0.461. The molecule has 0 bridgehead atoms. The summed E-state index contributed by atoms with van der Waals surface area (Å²) >= 11 is 6.05. The molecule has 2 rings (SSSR count). The Balaban J connectivity index is 2.11. The van der Waals surface area contributed by atoms with Crippen molar-refractivity contribution in [1.82, 2.24) is 0 Å². The summed E-state index contributed by atoms with van der Waals surface area (Å²) in [6, 6.07) is 8.15. The average molecular weight is 321 g/mol. The van der Waals surface area contributed by atoms with Crippen LogP contribution in [-0.4, -0.2) is 16.9 Å². The summed E-state index contributed by atoms with van der Waals surface area (Å²) in [5, 5.41) is 15.1. The lowest BCUT2D eigenvalue weighted by Crippen LogP contribution is -2.39. The van der Waals surface area contributed by atoms with Gasteiger partial charge in [-0.1, -0.05) is 17.7 Å². The predicted octanol–water partition coefficient (Wildman–Crippen LogP) is 1.93. The van der Waals surface area contributed by atoms with Crippen molar-refractivity contribution in [1.29, 1.82) is 0 Å². The first kappa shape index (κ1) is 15.8. The van der Waals surface area contributed by atoms with Crippen molar-refractivity contribution >= 4 is 34.8 Å². The van der Waals surface area contributed by atoms with Crippen LogP contribution in [0.1, 0.15) is 6.92 Å². The Kier molecular flexibility index (Phi) is 4.95. The average Bonchev–Trinajstić information content (AvgIpc) is 2.44. The normalized spacial score (nSPS) is 10.1. The van der Waals surface area contributed by atoms with E-state index in [2.05, 4.69) is 10.6 Å². The van der Waals surface area contributed by atoms with Crippen LogP contribution in [0.25, 0.3) is 0 Å². The Morgan fingerprint density at radius 2 is 1.82 bits per heavy atom. The van der Waals surface area contributed by atoms with Crippen molar-refractivity contribution < 1.29 is 19.3 Å². The smallest absolute Gasteiger partial charge is 0.290 e. The van der Waals surface area contributed by atoms with Gasteiger partial charge < -0.3 is 15.7 Å². The zero-order valence-corrected chi connectivity index (χ0v) is 12.6. The molecule has 2 aromatic rings. The van der Waals surface area contributed by atoms with Crippen LogP contribution in [0.2, 0.25) is 5.02 Å². The van der Waals surface area contributed by atoms with Gasteiger partial charge in [-0.25, -0.2) is 0 Å². The first-order chi connectivity index (χ1) is 10.5. The largest absolute Gasteiger partial charge is 0.506 e. The predicted molar refractivity (Wildman–Crippen MR) is 82.7 cm³/mol. The second kappa shape index (κ2) is 6.91. The maximum Gasteiger partial charge on any atom is 0.290 e. The number of hydrogen-bond donors (Lipinski definition) is 3. The number of phenolic OH excluding ortho intramolecular Hbond substituents is 1. The third-order valence-electron chi connectivity index (χ3n) is 2.77. The van der Waals surface area contributed by atoms with Crippen LogP contribution < -0.4 is 15.2 Å². The lowest BCUT2D eigenvalue weighted by Gasteiger charge is -2.10. The molecule has 0 aliphatic heterocycles. The molecule has 6 nitrogen and oxygen atoms in total. The molecule has 0 saturated carbocycles. The molecule has 2 amide bonds. The molecule has 114 valence electrons. The van der Waals surface area contributed by atoms with Gasteiger partial charge in [0.15, 0.2) is 12.4 Å².